The molecule has 0 unspecified atom stereocenters. The Labute approximate surface area is 121 Å². The highest BCUT2D eigenvalue weighted by Crippen LogP contribution is 2.26. The van der Waals surface area contributed by atoms with Crippen molar-refractivity contribution < 1.29 is 13.6 Å². The van der Waals surface area contributed by atoms with Crippen molar-refractivity contribution in [3.63, 3.8) is 0 Å². The summed E-state index contributed by atoms with van der Waals surface area (Å²) >= 11 is 0. The van der Waals surface area contributed by atoms with Gasteiger partial charge in [0.05, 0.1) is 0 Å². The molecule has 0 spiro atoms. The Morgan fingerprint density at radius 1 is 1.10 bits per heavy atom. The number of hydrogen-bond donors (Lipinski definition) is 2. The van der Waals surface area contributed by atoms with Crippen molar-refractivity contribution in [1.82, 2.24) is 0 Å². The number of carbonyl (C=O) groups excluding carboxylic acids is 1. The highest BCUT2D eigenvalue weighted by molar-refractivity contribution is 6.06. The summed E-state index contributed by atoms with van der Waals surface area (Å²) in [6.45, 7) is 0.861. The average molecular weight is 288 g/mol. The average Bonchev–Trinajstić information content (AvgIpc) is 2.50. The molecule has 3 rings (SSSR count). The molecule has 2 aromatic rings. The Morgan fingerprint density at radius 3 is 2.57 bits per heavy atom. The maximum Gasteiger partial charge on any atom is 0.256 e. The fraction of sp³-hybridized carbons (Fsp3) is 0.188. The summed E-state index contributed by atoms with van der Waals surface area (Å²) in [7, 11) is 0. The van der Waals surface area contributed by atoms with E-state index in [1.807, 2.05) is 6.07 Å². The molecule has 0 radical (unpaired) electrons. The molecule has 2 aromatic carbocycles. The first-order valence-electron chi connectivity index (χ1n) is 6.78. The first-order valence-corrected chi connectivity index (χ1v) is 6.78. The van der Waals surface area contributed by atoms with Crippen molar-refractivity contribution in [1.29, 1.82) is 0 Å². The summed E-state index contributed by atoms with van der Waals surface area (Å²) in [5, 5.41) is 5.54. The van der Waals surface area contributed by atoms with Crippen LogP contribution in [0, 0.1) is 11.6 Å². The Bertz CT molecular complexity index is 680. The van der Waals surface area contributed by atoms with Gasteiger partial charge in [0.15, 0.2) is 0 Å². The van der Waals surface area contributed by atoms with Crippen molar-refractivity contribution in [3.8, 4) is 0 Å². The standard InChI is InChI=1S/C16H14F2N2O/c17-12-6-2-7-13(18)15(12)20-16(21)11-4-1-8-14-10(11)5-3-9-19-14/h1-2,4,6-8,19H,3,5,9H2,(H,20,21). The SMILES string of the molecule is O=C(Nc1c(F)cccc1F)c1cccc2c1CCCN2. The van der Waals surface area contributed by atoms with Crippen LogP contribution < -0.4 is 10.6 Å². The predicted molar refractivity (Wildman–Crippen MR) is 77.6 cm³/mol. The predicted octanol–water partition coefficient (Wildman–Crippen LogP) is 3.58. The number of benzene rings is 2. The van der Waals surface area contributed by atoms with E-state index in [4.69, 9.17) is 0 Å². The number of hydrogen-bond acceptors (Lipinski definition) is 2. The molecule has 2 N–H and O–H groups in total. The number of para-hydroxylation sites is 1. The Balaban J connectivity index is 1.93. The molecular formula is C16H14F2N2O. The molecule has 1 amide bonds. The van der Waals surface area contributed by atoms with E-state index in [1.54, 1.807) is 12.1 Å². The molecule has 1 heterocycles. The van der Waals surface area contributed by atoms with E-state index in [9.17, 15) is 13.6 Å². The second-order valence-corrected chi connectivity index (χ2v) is 4.91. The van der Waals surface area contributed by atoms with Crippen molar-refractivity contribution in [2.75, 3.05) is 17.2 Å². The number of nitrogens with one attached hydrogen (secondary N) is 2. The first kappa shape index (κ1) is 13.5. The zero-order valence-electron chi connectivity index (χ0n) is 11.2. The molecule has 0 saturated carbocycles. The lowest BCUT2D eigenvalue weighted by Gasteiger charge is -2.20. The fourth-order valence-corrected chi connectivity index (χ4v) is 2.52. The molecule has 0 aliphatic carbocycles. The first-order chi connectivity index (χ1) is 10.2. The molecule has 0 atom stereocenters. The third kappa shape index (κ3) is 2.59. The van der Waals surface area contributed by atoms with Gasteiger partial charge in [0.2, 0.25) is 0 Å². The summed E-state index contributed by atoms with van der Waals surface area (Å²) in [6.07, 6.45) is 1.69. The van der Waals surface area contributed by atoms with Gasteiger partial charge >= 0.3 is 0 Å². The highest BCUT2D eigenvalue weighted by atomic mass is 19.1. The molecule has 108 valence electrons. The van der Waals surface area contributed by atoms with E-state index in [1.165, 1.54) is 6.07 Å². The topological polar surface area (TPSA) is 41.1 Å². The van der Waals surface area contributed by atoms with Crippen molar-refractivity contribution in [2.24, 2.45) is 0 Å². The van der Waals surface area contributed by atoms with Crippen LogP contribution in [0.1, 0.15) is 22.3 Å². The Morgan fingerprint density at radius 2 is 1.81 bits per heavy atom. The van der Waals surface area contributed by atoms with Gasteiger partial charge in [0.1, 0.15) is 17.3 Å². The van der Waals surface area contributed by atoms with Crippen LogP contribution in [0.3, 0.4) is 0 Å². The van der Waals surface area contributed by atoms with Crippen molar-refractivity contribution in [2.45, 2.75) is 12.8 Å². The van der Waals surface area contributed by atoms with Crippen LogP contribution in [-0.2, 0) is 6.42 Å². The van der Waals surface area contributed by atoms with E-state index in [0.29, 0.717) is 5.56 Å². The third-order valence-electron chi connectivity index (χ3n) is 3.54. The molecule has 1 aliphatic heterocycles. The summed E-state index contributed by atoms with van der Waals surface area (Å²) < 4.78 is 27.2. The lowest BCUT2D eigenvalue weighted by atomic mass is 9.97. The van der Waals surface area contributed by atoms with Crippen LogP contribution in [0.25, 0.3) is 0 Å². The van der Waals surface area contributed by atoms with Gasteiger partial charge < -0.3 is 10.6 Å². The van der Waals surface area contributed by atoms with Gasteiger partial charge in [0.25, 0.3) is 5.91 Å². The summed E-state index contributed by atoms with van der Waals surface area (Å²) in [4.78, 5) is 12.3. The van der Waals surface area contributed by atoms with Crippen LogP contribution in [0.5, 0.6) is 0 Å². The minimum Gasteiger partial charge on any atom is -0.385 e. The molecule has 0 saturated heterocycles. The van der Waals surface area contributed by atoms with Gasteiger partial charge in [-0.25, -0.2) is 8.78 Å². The van der Waals surface area contributed by atoms with Crippen LogP contribution in [-0.4, -0.2) is 12.5 Å². The molecule has 0 fully saturated rings. The number of halogens is 2. The molecule has 0 aromatic heterocycles. The molecular weight excluding hydrogens is 274 g/mol. The van der Waals surface area contributed by atoms with Gasteiger partial charge in [-0.2, -0.15) is 0 Å². The zero-order valence-corrected chi connectivity index (χ0v) is 11.2. The van der Waals surface area contributed by atoms with Gasteiger partial charge in [0, 0.05) is 17.8 Å². The van der Waals surface area contributed by atoms with Gasteiger partial charge in [-0.3, -0.25) is 4.79 Å². The van der Waals surface area contributed by atoms with E-state index in [0.717, 1.165) is 42.8 Å². The van der Waals surface area contributed by atoms with Crippen LogP contribution >= 0.6 is 0 Å². The minimum absolute atomic E-state index is 0.413. The molecule has 5 heteroatoms. The van der Waals surface area contributed by atoms with E-state index >= 15 is 0 Å². The van der Waals surface area contributed by atoms with E-state index in [-0.39, 0.29) is 0 Å². The molecule has 3 nitrogen and oxygen atoms in total. The summed E-state index contributed by atoms with van der Waals surface area (Å²) in [6, 6.07) is 8.80. The number of amides is 1. The summed E-state index contributed by atoms with van der Waals surface area (Å²) in [5.41, 5.74) is 1.83. The van der Waals surface area contributed by atoms with Crippen molar-refractivity contribution in [3.05, 3.63) is 59.2 Å². The molecule has 21 heavy (non-hydrogen) atoms. The van der Waals surface area contributed by atoms with Gasteiger partial charge in [-0.1, -0.05) is 12.1 Å². The number of carbonyl (C=O) groups is 1. The minimum atomic E-state index is -0.786. The molecule has 1 aliphatic rings. The van der Waals surface area contributed by atoms with E-state index in [2.05, 4.69) is 10.6 Å². The quantitative estimate of drug-likeness (QED) is 0.887. The monoisotopic (exact) mass is 288 g/mol. The largest absolute Gasteiger partial charge is 0.385 e. The summed E-state index contributed by atoms with van der Waals surface area (Å²) in [5.74, 6) is -2.07. The van der Waals surface area contributed by atoms with E-state index < -0.39 is 23.2 Å². The lowest BCUT2D eigenvalue weighted by Crippen LogP contribution is -2.20. The van der Waals surface area contributed by atoms with Crippen LogP contribution in [0.4, 0.5) is 20.2 Å². The number of rotatable bonds is 2. The second-order valence-electron chi connectivity index (χ2n) is 4.91. The van der Waals surface area contributed by atoms with Crippen molar-refractivity contribution >= 4 is 17.3 Å². The zero-order chi connectivity index (χ0) is 14.8. The second kappa shape index (κ2) is 5.52. The number of anilines is 2. The maximum absolute atomic E-state index is 13.6. The van der Waals surface area contributed by atoms with Gasteiger partial charge in [-0.05, 0) is 42.7 Å². The fourth-order valence-electron chi connectivity index (χ4n) is 2.52. The Kier molecular flexibility index (Phi) is 3.56. The highest BCUT2D eigenvalue weighted by Gasteiger charge is 2.19. The number of fused-ring (bicyclic) bond motifs is 1. The Hall–Kier alpha value is -2.43. The molecule has 0 bridgehead atoms. The normalized spacial score (nSPS) is 13.2. The van der Waals surface area contributed by atoms with Gasteiger partial charge in [-0.15, -0.1) is 0 Å². The third-order valence-corrected chi connectivity index (χ3v) is 3.54. The maximum atomic E-state index is 13.6. The van der Waals surface area contributed by atoms with Crippen LogP contribution in [0.2, 0.25) is 0 Å². The smallest absolute Gasteiger partial charge is 0.256 e. The lowest BCUT2D eigenvalue weighted by molar-refractivity contribution is 0.102. The van der Waals surface area contributed by atoms with Crippen LogP contribution in [0.15, 0.2) is 36.4 Å².